The average molecular weight is 235 g/mol. The van der Waals surface area contributed by atoms with E-state index in [9.17, 15) is 0 Å². The van der Waals surface area contributed by atoms with E-state index in [2.05, 4.69) is 39.1 Å². The zero-order valence-corrected chi connectivity index (χ0v) is 12.4. The van der Waals surface area contributed by atoms with Crippen LogP contribution in [0.25, 0.3) is 0 Å². The van der Waals surface area contributed by atoms with Crippen LogP contribution in [0.4, 0.5) is 0 Å². The van der Waals surface area contributed by atoms with Gasteiger partial charge in [-0.25, -0.2) is 0 Å². The molecule has 0 aromatic heterocycles. The second-order valence-electron chi connectivity index (χ2n) is 4.39. The van der Waals surface area contributed by atoms with E-state index in [1.807, 2.05) is 23.5 Å². The summed E-state index contributed by atoms with van der Waals surface area (Å²) in [4.78, 5) is 0. The van der Waals surface area contributed by atoms with Gasteiger partial charge in [-0.15, -0.1) is 23.5 Å². The number of allylic oxidation sites excluding steroid dienone is 1. The largest absolute Gasteiger partial charge is 0.123 e. The van der Waals surface area contributed by atoms with Crippen LogP contribution in [-0.2, 0) is 0 Å². The third-order valence-corrected chi connectivity index (χ3v) is 5.64. The van der Waals surface area contributed by atoms with Crippen LogP contribution in [0.3, 0.4) is 0 Å². The summed E-state index contributed by atoms with van der Waals surface area (Å²) in [6.45, 7) is 9.62. The Morgan fingerprint density at radius 2 is 1.54 bits per heavy atom. The van der Waals surface area contributed by atoms with E-state index in [-0.39, 0.29) is 0 Å². The fourth-order valence-corrected chi connectivity index (χ4v) is 4.99. The maximum absolute atomic E-state index is 2.45. The number of thioether (sulfide) groups is 2. The van der Waals surface area contributed by atoms with Crippen molar-refractivity contribution in [2.75, 3.05) is 12.5 Å². The molecule has 0 aliphatic carbocycles. The fourth-order valence-electron chi connectivity index (χ4n) is 1.35. The Labute approximate surface area is 93.0 Å². The lowest BCUT2D eigenvalue weighted by Crippen LogP contribution is -2.20. The zero-order chi connectivity index (χ0) is 10.5. The highest BCUT2D eigenvalue weighted by Crippen LogP contribution is 2.33. The lowest BCUT2D eigenvalue weighted by Gasteiger charge is -2.19. The predicted molar refractivity (Wildman–Crippen MR) is 72.5 cm³/mol. The topological polar surface area (TPSA) is 0 Å². The number of hydrogen-bond acceptors (Lipinski definition) is 2. The molecule has 0 unspecified atom stereocenters. The standard InChI is InChI=1S/C10H22S2Si/c1-7-9(8-13(4,5)6)10(11-2)12-3/h7-8H2,1-6H3. The molecule has 0 rings (SSSR count). The van der Waals surface area contributed by atoms with Crippen LogP contribution in [0.1, 0.15) is 13.3 Å². The molecule has 0 N–H and O–H groups in total. The van der Waals surface area contributed by atoms with Gasteiger partial charge in [0.05, 0.1) is 0 Å². The third-order valence-electron chi connectivity index (χ3n) is 1.83. The van der Waals surface area contributed by atoms with Crippen LogP contribution in [0, 0.1) is 0 Å². The molecule has 0 aliphatic rings. The Morgan fingerprint density at radius 1 is 1.08 bits per heavy atom. The molecule has 0 aliphatic heterocycles. The Kier molecular flexibility index (Phi) is 6.51. The molecular formula is C10H22S2Si. The molecule has 78 valence electrons. The molecule has 13 heavy (non-hydrogen) atoms. The van der Waals surface area contributed by atoms with Gasteiger partial charge in [0.25, 0.3) is 0 Å². The van der Waals surface area contributed by atoms with Gasteiger partial charge in [0.1, 0.15) is 0 Å². The smallest absolute Gasteiger partial charge is 0.0484 e. The minimum Gasteiger partial charge on any atom is -0.123 e. The molecular weight excluding hydrogens is 212 g/mol. The van der Waals surface area contributed by atoms with Gasteiger partial charge in [-0.05, 0) is 25.0 Å². The molecule has 0 fully saturated rings. The van der Waals surface area contributed by atoms with Crippen LogP contribution in [0.15, 0.2) is 9.81 Å². The van der Waals surface area contributed by atoms with Crippen molar-refractivity contribution in [3.8, 4) is 0 Å². The minimum atomic E-state index is -0.921. The summed E-state index contributed by atoms with van der Waals surface area (Å²) in [6, 6.07) is 1.36. The highest BCUT2D eigenvalue weighted by atomic mass is 32.2. The van der Waals surface area contributed by atoms with Crippen LogP contribution in [-0.4, -0.2) is 20.6 Å². The Bertz CT molecular complexity index is 174. The second-order valence-corrected chi connectivity index (χ2v) is 11.8. The van der Waals surface area contributed by atoms with E-state index in [0.29, 0.717) is 0 Å². The highest BCUT2D eigenvalue weighted by molar-refractivity contribution is 8.21. The van der Waals surface area contributed by atoms with E-state index in [1.165, 1.54) is 12.5 Å². The molecule has 0 saturated carbocycles. The first-order chi connectivity index (χ1) is 5.94. The molecule has 0 atom stereocenters. The molecule has 0 radical (unpaired) electrons. The molecule has 0 spiro atoms. The lowest BCUT2D eigenvalue weighted by molar-refractivity contribution is 1.08. The van der Waals surface area contributed by atoms with Crippen LogP contribution in [0.2, 0.25) is 25.7 Å². The van der Waals surface area contributed by atoms with E-state index < -0.39 is 8.07 Å². The second kappa shape index (κ2) is 6.20. The maximum atomic E-state index is 2.45. The van der Waals surface area contributed by atoms with Gasteiger partial charge in [0.2, 0.25) is 0 Å². The zero-order valence-electron chi connectivity index (χ0n) is 9.73. The van der Waals surface area contributed by atoms with E-state index in [0.717, 1.165) is 0 Å². The molecule has 0 aromatic rings. The van der Waals surface area contributed by atoms with Crippen molar-refractivity contribution >= 4 is 31.6 Å². The number of rotatable bonds is 5. The van der Waals surface area contributed by atoms with Crippen molar-refractivity contribution in [2.45, 2.75) is 39.0 Å². The molecule has 0 heterocycles. The summed E-state index contributed by atoms with van der Waals surface area (Å²) in [7, 11) is -0.921. The fraction of sp³-hybridized carbons (Fsp3) is 0.800. The summed E-state index contributed by atoms with van der Waals surface area (Å²) in [5.74, 6) is 0. The first-order valence-electron chi connectivity index (χ1n) is 4.74. The van der Waals surface area contributed by atoms with Gasteiger partial charge in [-0.2, -0.15) is 0 Å². The van der Waals surface area contributed by atoms with E-state index >= 15 is 0 Å². The van der Waals surface area contributed by atoms with Gasteiger partial charge >= 0.3 is 0 Å². The van der Waals surface area contributed by atoms with Crippen molar-refractivity contribution in [3.05, 3.63) is 9.81 Å². The summed E-state index contributed by atoms with van der Waals surface area (Å²) < 4.78 is 1.55. The van der Waals surface area contributed by atoms with E-state index in [4.69, 9.17) is 0 Å². The first-order valence-corrected chi connectivity index (χ1v) is 10.9. The van der Waals surface area contributed by atoms with Crippen molar-refractivity contribution in [2.24, 2.45) is 0 Å². The third kappa shape index (κ3) is 5.86. The van der Waals surface area contributed by atoms with Crippen molar-refractivity contribution < 1.29 is 0 Å². The Hall–Kier alpha value is 0.657. The summed E-state index contributed by atoms with van der Waals surface area (Å²) in [5, 5.41) is 0. The molecule has 0 saturated heterocycles. The SMILES string of the molecule is CCC(C[Si](C)(C)C)=C(SC)SC. The first kappa shape index (κ1) is 13.7. The molecule has 3 heteroatoms. The van der Waals surface area contributed by atoms with Crippen molar-refractivity contribution in [1.82, 2.24) is 0 Å². The van der Waals surface area contributed by atoms with Crippen molar-refractivity contribution in [3.63, 3.8) is 0 Å². The van der Waals surface area contributed by atoms with Gasteiger partial charge in [-0.1, -0.05) is 32.1 Å². The summed E-state index contributed by atoms with van der Waals surface area (Å²) in [6.07, 6.45) is 5.60. The molecule has 0 bridgehead atoms. The van der Waals surface area contributed by atoms with Gasteiger partial charge in [-0.3, -0.25) is 0 Å². The number of hydrogen-bond donors (Lipinski definition) is 0. The van der Waals surface area contributed by atoms with E-state index in [1.54, 1.807) is 9.81 Å². The lowest BCUT2D eigenvalue weighted by atomic mass is 10.3. The quantitative estimate of drug-likeness (QED) is 0.634. The summed E-state index contributed by atoms with van der Waals surface area (Å²) >= 11 is 3.82. The predicted octanol–water partition coefficient (Wildman–Crippen LogP) is 4.67. The van der Waals surface area contributed by atoms with Gasteiger partial charge in [0.15, 0.2) is 0 Å². The molecule has 0 nitrogen and oxygen atoms in total. The van der Waals surface area contributed by atoms with Crippen LogP contribution < -0.4 is 0 Å². The van der Waals surface area contributed by atoms with Crippen molar-refractivity contribution in [1.29, 1.82) is 0 Å². The minimum absolute atomic E-state index is 0.921. The molecule has 0 amide bonds. The highest BCUT2D eigenvalue weighted by Gasteiger charge is 2.16. The van der Waals surface area contributed by atoms with Gasteiger partial charge in [0, 0.05) is 12.3 Å². The molecule has 0 aromatic carbocycles. The van der Waals surface area contributed by atoms with Crippen LogP contribution >= 0.6 is 23.5 Å². The van der Waals surface area contributed by atoms with Crippen LogP contribution in [0.5, 0.6) is 0 Å². The summed E-state index contributed by atoms with van der Waals surface area (Å²) in [5.41, 5.74) is 1.68. The maximum Gasteiger partial charge on any atom is 0.0484 e. The average Bonchev–Trinajstić information content (AvgIpc) is 2.02. The van der Waals surface area contributed by atoms with Gasteiger partial charge < -0.3 is 0 Å². The monoisotopic (exact) mass is 234 g/mol. The Morgan fingerprint density at radius 3 is 1.77 bits per heavy atom. The normalized spacial score (nSPS) is 11.5. The Balaban J connectivity index is 4.57.